The van der Waals surface area contributed by atoms with Crippen molar-refractivity contribution < 1.29 is 9.90 Å². The molecule has 2 rings (SSSR count). The van der Waals surface area contributed by atoms with Crippen molar-refractivity contribution in [2.75, 3.05) is 11.4 Å². The summed E-state index contributed by atoms with van der Waals surface area (Å²) in [5, 5.41) is 9.60. The van der Waals surface area contributed by atoms with E-state index in [2.05, 4.69) is 6.58 Å². The number of nitrogens with zero attached hydrogens (tertiary/aromatic N) is 1. The van der Waals surface area contributed by atoms with Crippen molar-refractivity contribution >= 4 is 23.3 Å². The van der Waals surface area contributed by atoms with Crippen molar-refractivity contribution in [3.8, 4) is 0 Å². The summed E-state index contributed by atoms with van der Waals surface area (Å²) in [5.41, 5.74) is 1.99. The van der Waals surface area contributed by atoms with Gasteiger partial charge in [-0.05, 0) is 11.6 Å². The second kappa shape index (κ2) is 4.18. The van der Waals surface area contributed by atoms with Crippen molar-refractivity contribution in [2.24, 2.45) is 0 Å². The molecule has 0 radical (unpaired) electrons. The fourth-order valence-electron chi connectivity index (χ4n) is 2.05. The van der Waals surface area contributed by atoms with E-state index in [1.807, 2.05) is 24.3 Å². The van der Waals surface area contributed by atoms with E-state index in [0.29, 0.717) is 18.0 Å². The van der Waals surface area contributed by atoms with Crippen LogP contribution in [-0.4, -0.2) is 23.7 Å². The van der Waals surface area contributed by atoms with Crippen LogP contribution in [0.4, 0.5) is 5.69 Å². The topological polar surface area (TPSA) is 40.5 Å². The van der Waals surface area contributed by atoms with Crippen molar-refractivity contribution in [1.82, 2.24) is 0 Å². The number of halogens is 1. The number of carbonyl (C=O) groups is 1. The first-order chi connectivity index (χ1) is 7.59. The highest BCUT2D eigenvalue weighted by molar-refractivity contribution is 6.29. The number of anilines is 1. The maximum absolute atomic E-state index is 11.1. The highest BCUT2D eigenvalue weighted by Gasteiger charge is 2.33. The Bertz CT molecular complexity index is 444. The molecule has 0 fully saturated rings. The maximum atomic E-state index is 11.1. The van der Waals surface area contributed by atoms with E-state index in [1.165, 1.54) is 0 Å². The number of hydrogen-bond donors (Lipinski definition) is 1. The van der Waals surface area contributed by atoms with E-state index in [-0.39, 0.29) is 0 Å². The molecule has 0 amide bonds. The lowest BCUT2D eigenvalue weighted by atomic mass is 10.1. The molecule has 1 aliphatic rings. The zero-order chi connectivity index (χ0) is 11.7. The molecular weight excluding hydrogens is 226 g/mol. The average molecular weight is 238 g/mol. The van der Waals surface area contributed by atoms with Crippen LogP contribution >= 0.6 is 11.6 Å². The van der Waals surface area contributed by atoms with E-state index < -0.39 is 12.0 Å². The van der Waals surface area contributed by atoms with Crippen molar-refractivity contribution in [3.63, 3.8) is 0 Å². The van der Waals surface area contributed by atoms with E-state index in [9.17, 15) is 4.79 Å². The van der Waals surface area contributed by atoms with Gasteiger partial charge in [0.25, 0.3) is 0 Å². The Labute approximate surface area is 98.9 Å². The molecule has 0 bridgehead atoms. The van der Waals surface area contributed by atoms with Crippen molar-refractivity contribution in [1.29, 1.82) is 0 Å². The van der Waals surface area contributed by atoms with Gasteiger partial charge in [-0.1, -0.05) is 36.4 Å². The van der Waals surface area contributed by atoms with Gasteiger partial charge in [-0.3, -0.25) is 0 Å². The molecule has 1 heterocycles. The van der Waals surface area contributed by atoms with Crippen LogP contribution in [0.3, 0.4) is 0 Å². The fourth-order valence-corrected chi connectivity index (χ4v) is 2.18. The molecule has 0 saturated carbocycles. The van der Waals surface area contributed by atoms with Crippen LogP contribution in [0.15, 0.2) is 35.9 Å². The molecule has 0 saturated heterocycles. The van der Waals surface area contributed by atoms with Crippen LogP contribution in [0.25, 0.3) is 0 Å². The molecule has 0 aromatic heterocycles. The summed E-state index contributed by atoms with van der Waals surface area (Å²) < 4.78 is 0. The normalized spacial score (nSPS) is 18.3. The molecule has 84 valence electrons. The minimum atomic E-state index is -0.825. The molecule has 0 spiro atoms. The van der Waals surface area contributed by atoms with Gasteiger partial charge < -0.3 is 10.0 Å². The van der Waals surface area contributed by atoms with Gasteiger partial charge >= 0.3 is 5.97 Å². The third-order valence-corrected chi connectivity index (χ3v) is 2.84. The third-order valence-electron chi connectivity index (χ3n) is 2.72. The van der Waals surface area contributed by atoms with E-state index in [0.717, 1.165) is 11.3 Å². The SMILES string of the molecule is C=C(Cl)CN1c2ccccc2CC1C(=O)O. The Kier molecular flexibility index (Phi) is 2.88. The summed E-state index contributed by atoms with van der Waals surface area (Å²) >= 11 is 5.77. The molecular formula is C12H12ClNO2. The summed E-state index contributed by atoms with van der Waals surface area (Å²) in [7, 11) is 0. The molecule has 1 aliphatic heterocycles. The summed E-state index contributed by atoms with van der Waals surface area (Å²) in [4.78, 5) is 12.9. The molecule has 1 unspecified atom stereocenters. The first-order valence-electron chi connectivity index (χ1n) is 5.00. The Balaban J connectivity index is 2.35. The number of hydrogen-bond acceptors (Lipinski definition) is 2. The third kappa shape index (κ3) is 1.91. The number of fused-ring (bicyclic) bond motifs is 1. The van der Waals surface area contributed by atoms with Gasteiger partial charge in [0.15, 0.2) is 0 Å². The summed E-state index contributed by atoms with van der Waals surface area (Å²) in [5.74, 6) is -0.825. The minimum Gasteiger partial charge on any atom is -0.480 e. The molecule has 4 heteroatoms. The Morgan fingerprint density at radius 1 is 1.56 bits per heavy atom. The number of aliphatic carboxylic acids is 1. The Hall–Kier alpha value is -1.48. The molecule has 1 N–H and O–H groups in total. The lowest BCUT2D eigenvalue weighted by molar-refractivity contribution is -0.138. The second-order valence-corrected chi connectivity index (χ2v) is 4.37. The zero-order valence-electron chi connectivity index (χ0n) is 8.69. The summed E-state index contributed by atoms with van der Waals surface area (Å²) in [6, 6.07) is 7.14. The quantitative estimate of drug-likeness (QED) is 0.877. The number of carboxylic acid groups (broad SMARTS) is 1. The molecule has 0 aliphatic carbocycles. The van der Waals surface area contributed by atoms with Crippen LogP contribution in [0.5, 0.6) is 0 Å². The van der Waals surface area contributed by atoms with Gasteiger partial charge in [0.1, 0.15) is 6.04 Å². The molecule has 1 aromatic carbocycles. The van der Waals surface area contributed by atoms with Crippen molar-refractivity contribution in [2.45, 2.75) is 12.5 Å². The molecule has 3 nitrogen and oxygen atoms in total. The van der Waals surface area contributed by atoms with E-state index >= 15 is 0 Å². The van der Waals surface area contributed by atoms with Gasteiger partial charge in [-0.2, -0.15) is 0 Å². The Morgan fingerprint density at radius 3 is 2.88 bits per heavy atom. The highest BCUT2D eigenvalue weighted by atomic mass is 35.5. The first-order valence-corrected chi connectivity index (χ1v) is 5.38. The van der Waals surface area contributed by atoms with Gasteiger partial charge in [-0.15, -0.1) is 0 Å². The lowest BCUT2D eigenvalue weighted by Crippen LogP contribution is -2.39. The predicted molar refractivity (Wildman–Crippen MR) is 63.9 cm³/mol. The zero-order valence-corrected chi connectivity index (χ0v) is 9.44. The summed E-state index contributed by atoms with van der Waals surface area (Å²) in [6.45, 7) is 3.99. The average Bonchev–Trinajstić information content (AvgIpc) is 2.57. The van der Waals surface area contributed by atoms with Crippen LogP contribution in [0.1, 0.15) is 5.56 Å². The number of carboxylic acids is 1. The van der Waals surface area contributed by atoms with Gasteiger partial charge in [0.2, 0.25) is 0 Å². The monoisotopic (exact) mass is 237 g/mol. The maximum Gasteiger partial charge on any atom is 0.326 e. The molecule has 16 heavy (non-hydrogen) atoms. The summed E-state index contributed by atoms with van der Waals surface area (Å²) in [6.07, 6.45) is 0.523. The lowest BCUT2D eigenvalue weighted by Gasteiger charge is -2.23. The van der Waals surface area contributed by atoms with Gasteiger partial charge in [0.05, 0.1) is 6.54 Å². The smallest absolute Gasteiger partial charge is 0.326 e. The van der Waals surface area contributed by atoms with Crippen LogP contribution in [0.2, 0.25) is 0 Å². The van der Waals surface area contributed by atoms with E-state index in [4.69, 9.17) is 16.7 Å². The van der Waals surface area contributed by atoms with Crippen LogP contribution < -0.4 is 4.90 Å². The first kappa shape index (κ1) is 11.0. The largest absolute Gasteiger partial charge is 0.480 e. The highest BCUT2D eigenvalue weighted by Crippen LogP contribution is 2.32. The number of rotatable bonds is 3. The number of para-hydroxylation sites is 1. The standard InChI is InChI=1S/C12H12ClNO2/c1-8(13)7-14-10-5-3-2-4-9(10)6-11(14)12(15)16/h2-5,11H,1,6-7H2,(H,15,16). The molecule has 1 aromatic rings. The molecule has 1 atom stereocenters. The minimum absolute atomic E-state index is 0.371. The van der Waals surface area contributed by atoms with E-state index in [1.54, 1.807) is 4.90 Å². The number of benzene rings is 1. The predicted octanol–water partition coefficient (Wildman–Crippen LogP) is 2.25. The van der Waals surface area contributed by atoms with Crippen LogP contribution in [-0.2, 0) is 11.2 Å². The van der Waals surface area contributed by atoms with Crippen LogP contribution in [0, 0.1) is 0 Å². The van der Waals surface area contributed by atoms with Gasteiger partial charge in [-0.25, -0.2) is 4.79 Å². The van der Waals surface area contributed by atoms with Crippen molar-refractivity contribution in [3.05, 3.63) is 41.4 Å². The fraction of sp³-hybridized carbons (Fsp3) is 0.250. The Morgan fingerprint density at radius 2 is 2.25 bits per heavy atom. The van der Waals surface area contributed by atoms with Gasteiger partial charge in [0, 0.05) is 17.1 Å². The second-order valence-electron chi connectivity index (χ2n) is 3.83.